The molecule has 0 saturated carbocycles. The molecule has 90 valence electrons. The smallest absolute Gasteiger partial charge is 0.123 e. The van der Waals surface area contributed by atoms with Gasteiger partial charge in [-0.1, -0.05) is 11.6 Å². The number of hydrogen-bond donors (Lipinski definition) is 1. The minimum atomic E-state index is -0.306. The molecule has 4 heteroatoms. The second kappa shape index (κ2) is 4.90. The largest absolute Gasteiger partial charge is 0.469 e. The van der Waals surface area contributed by atoms with Gasteiger partial charge in [-0.25, -0.2) is 4.39 Å². The van der Waals surface area contributed by atoms with Crippen LogP contribution in [0.25, 0.3) is 0 Å². The van der Waals surface area contributed by atoms with Crippen molar-refractivity contribution in [3.05, 3.63) is 58.3 Å². The highest BCUT2D eigenvalue weighted by Crippen LogP contribution is 2.24. The standard InChI is InChI=1S/C13H13ClFNO/c1-8-4-10(7-17-8)13(16)6-9-5-11(15)2-3-12(9)14/h2-5,7,13H,6,16H2,1H3. The van der Waals surface area contributed by atoms with Crippen LogP contribution in [-0.2, 0) is 6.42 Å². The van der Waals surface area contributed by atoms with Crippen LogP contribution in [0.3, 0.4) is 0 Å². The summed E-state index contributed by atoms with van der Waals surface area (Å²) in [6.45, 7) is 1.85. The molecule has 0 radical (unpaired) electrons. The van der Waals surface area contributed by atoms with Crippen LogP contribution in [-0.4, -0.2) is 0 Å². The number of hydrogen-bond acceptors (Lipinski definition) is 2. The van der Waals surface area contributed by atoms with Crippen LogP contribution in [0.1, 0.15) is 22.9 Å². The molecule has 0 amide bonds. The summed E-state index contributed by atoms with van der Waals surface area (Å²) >= 11 is 5.99. The van der Waals surface area contributed by atoms with E-state index >= 15 is 0 Å². The Morgan fingerprint density at radius 1 is 1.41 bits per heavy atom. The molecular formula is C13H13ClFNO. The van der Waals surface area contributed by atoms with Crippen LogP contribution in [0.4, 0.5) is 4.39 Å². The van der Waals surface area contributed by atoms with Gasteiger partial charge in [0.2, 0.25) is 0 Å². The molecule has 0 saturated heterocycles. The highest BCUT2D eigenvalue weighted by Gasteiger charge is 2.12. The molecule has 1 aromatic carbocycles. The highest BCUT2D eigenvalue weighted by atomic mass is 35.5. The van der Waals surface area contributed by atoms with Gasteiger partial charge in [0.05, 0.1) is 6.26 Å². The Morgan fingerprint density at radius 3 is 2.82 bits per heavy atom. The summed E-state index contributed by atoms with van der Waals surface area (Å²) in [6.07, 6.45) is 2.10. The molecule has 0 aliphatic carbocycles. The maximum atomic E-state index is 13.1. The fraction of sp³-hybridized carbons (Fsp3) is 0.231. The number of furan rings is 1. The first kappa shape index (κ1) is 12.1. The van der Waals surface area contributed by atoms with Crippen molar-refractivity contribution in [1.29, 1.82) is 0 Å². The zero-order valence-corrected chi connectivity index (χ0v) is 10.2. The predicted octanol–water partition coefficient (Wildman–Crippen LogP) is 3.62. The number of nitrogens with two attached hydrogens (primary N) is 1. The van der Waals surface area contributed by atoms with Crippen molar-refractivity contribution in [1.82, 2.24) is 0 Å². The zero-order chi connectivity index (χ0) is 12.4. The Hall–Kier alpha value is -1.32. The number of benzene rings is 1. The third-order valence-electron chi connectivity index (χ3n) is 2.63. The highest BCUT2D eigenvalue weighted by molar-refractivity contribution is 6.31. The summed E-state index contributed by atoms with van der Waals surface area (Å²) < 4.78 is 18.3. The van der Waals surface area contributed by atoms with Crippen molar-refractivity contribution >= 4 is 11.6 Å². The summed E-state index contributed by atoms with van der Waals surface area (Å²) in [7, 11) is 0. The molecule has 0 bridgehead atoms. The average molecular weight is 254 g/mol. The molecule has 0 fully saturated rings. The molecule has 1 aromatic heterocycles. The summed E-state index contributed by atoms with van der Waals surface area (Å²) in [5.41, 5.74) is 7.62. The van der Waals surface area contributed by atoms with E-state index in [9.17, 15) is 4.39 Å². The molecule has 2 nitrogen and oxygen atoms in total. The molecule has 0 aliphatic rings. The van der Waals surface area contributed by atoms with E-state index in [-0.39, 0.29) is 11.9 Å². The van der Waals surface area contributed by atoms with Gasteiger partial charge in [0, 0.05) is 16.6 Å². The lowest BCUT2D eigenvalue weighted by Crippen LogP contribution is -2.12. The van der Waals surface area contributed by atoms with Gasteiger partial charge >= 0.3 is 0 Å². The molecular weight excluding hydrogens is 241 g/mol. The fourth-order valence-corrected chi connectivity index (χ4v) is 1.91. The summed E-state index contributed by atoms with van der Waals surface area (Å²) in [4.78, 5) is 0. The molecule has 0 aliphatic heterocycles. The Kier molecular flexibility index (Phi) is 3.50. The van der Waals surface area contributed by atoms with Crippen LogP contribution in [0.15, 0.2) is 34.9 Å². The molecule has 1 heterocycles. The SMILES string of the molecule is Cc1cc(C(N)Cc2cc(F)ccc2Cl)co1. The van der Waals surface area contributed by atoms with Gasteiger partial charge in [0.1, 0.15) is 11.6 Å². The van der Waals surface area contributed by atoms with Crippen LogP contribution in [0, 0.1) is 12.7 Å². The number of halogens is 2. The summed E-state index contributed by atoms with van der Waals surface area (Å²) in [5, 5.41) is 0.530. The van der Waals surface area contributed by atoms with Crippen molar-refractivity contribution in [2.24, 2.45) is 5.73 Å². The van der Waals surface area contributed by atoms with Crippen molar-refractivity contribution in [2.75, 3.05) is 0 Å². The first-order valence-electron chi connectivity index (χ1n) is 5.31. The molecule has 17 heavy (non-hydrogen) atoms. The minimum absolute atomic E-state index is 0.244. The van der Waals surface area contributed by atoms with E-state index in [4.69, 9.17) is 21.8 Å². The second-order valence-electron chi connectivity index (χ2n) is 4.04. The van der Waals surface area contributed by atoms with E-state index in [0.29, 0.717) is 17.0 Å². The van der Waals surface area contributed by atoms with Crippen molar-refractivity contribution < 1.29 is 8.81 Å². The first-order valence-corrected chi connectivity index (χ1v) is 5.68. The van der Waals surface area contributed by atoms with Crippen LogP contribution in [0.2, 0.25) is 5.02 Å². The molecule has 0 spiro atoms. The van der Waals surface area contributed by atoms with Crippen molar-refractivity contribution in [3.63, 3.8) is 0 Å². The van der Waals surface area contributed by atoms with Gasteiger partial charge < -0.3 is 10.2 Å². The molecule has 1 atom stereocenters. The third kappa shape index (κ3) is 2.87. The van der Waals surface area contributed by atoms with Gasteiger partial charge in [0.15, 0.2) is 0 Å². The lowest BCUT2D eigenvalue weighted by molar-refractivity contribution is 0.528. The van der Waals surface area contributed by atoms with Gasteiger partial charge in [-0.15, -0.1) is 0 Å². The summed E-state index contributed by atoms with van der Waals surface area (Å²) in [6, 6.07) is 5.91. The quantitative estimate of drug-likeness (QED) is 0.907. The zero-order valence-electron chi connectivity index (χ0n) is 9.41. The van der Waals surface area contributed by atoms with Crippen molar-refractivity contribution in [2.45, 2.75) is 19.4 Å². The topological polar surface area (TPSA) is 39.2 Å². The Morgan fingerprint density at radius 2 is 2.18 bits per heavy atom. The first-order chi connectivity index (χ1) is 8.06. The molecule has 2 aromatic rings. The van der Waals surface area contributed by atoms with E-state index in [1.807, 2.05) is 13.0 Å². The maximum absolute atomic E-state index is 13.1. The van der Waals surface area contributed by atoms with E-state index < -0.39 is 0 Å². The Labute approximate surface area is 104 Å². The van der Waals surface area contributed by atoms with E-state index in [2.05, 4.69) is 0 Å². The lowest BCUT2D eigenvalue weighted by atomic mass is 10.0. The monoisotopic (exact) mass is 253 g/mol. The third-order valence-corrected chi connectivity index (χ3v) is 3.00. The van der Waals surface area contributed by atoms with Gasteiger partial charge in [-0.2, -0.15) is 0 Å². The van der Waals surface area contributed by atoms with E-state index in [1.54, 1.807) is 12.3 Å². The summed E-state index contributed by atoms with van der Waals surface area (Å²) in [5.74, 6) is 0.501. The normalized spacial score (nSPS) is 12.7. The maximum Gasteiger partial charge on any atom is 0.123 e. The Bertz CT molecular complexity index is 524. The van der Waals surface area contributed by atoms with E-state index in [1.165, 1.54) is 12.1 Å². The molecule has 1 unspecified atom stereocenters. The fourth-order valence-electron chi connectivity index (χ4n) is 1.71. The van der Waals surface area contributed by atoms with E-state index in [0.717, 1.165) is 11.3 Å². The van der Waals surface area contributed by atoms with Crippen LogP contribution < -0.4 is 5.73 Å². The second-order valence-corrected chi connectivity index (χ2v) is 4.44. The van der Waals surface area contributed by atoms with Crippen LogP contribution in [0.5, 0.6) is 0 Å². The minimum Gasteiger partial charge on any atom is -0.469 e. The van der Waals surface area contributed by atoms with Gasteiger partial charge in [-0.05, 0) is 43.2 Å². The lowest BCUT2D eigenvalue weighted by Gasteiger charge is -2.10. The number of aryl methyl sites for hydroxylation is 1. The van der Waals surface area contributed by atoms with Crippen LogP contribution >= 0.6 is 11.6 Å². The number of rotatable bonds is 3. The predicted molar refractivity (Wildman–Crippen MR) is 65.5 cm³/mol. The van der Waals surface area contributed by atoms with Crippen molar-refractivity contribution in [3.8, 4) is 0 Å². The average Bonchev–Trinajstić information content (AvgIpc) is 2.70. The Balaban J connectivity index is 2.18. The molecule has 2 rings (SSSR count). The molecule has 2 N–H and O–H groups in total. The van der Waals surface area contributed by atoms with Gasteiger partial charge in [-0.3, -0.25) is 0 Å². The van der Waals surface area contributed by atoms with Gasteiger partial charge in [0.25, 0.3) is 0 Å².